The molecule has 1 aromatic carbocycles. The molecule has 0 aliphatic heterocycles. The average molecular weight is 249 g/mol. The highest BCUT2D eigenvalue weighted by Crippen LogP contribution is 2.22. The van der Waals surface area contributed by atoms with Gasteiger partial charge >= 0.3 is 0 Å². The Bertz CT molecular complexity index is 350. The van der Waals surface area contributed by atoms with Crippen molar-refractivity contribution >= 4 is 0 Å². The van der Waals surface area contributed by atoms with Gasteiger partial charge in [0, 0.05) is 6.61 Å². The van der Waals surface area contributed by atoms with Crippen LogP contribution in [0, 0.1) is 20.8 Å². The van der Waals surface area contributed by atoms with Crippen molar-refractivity contribution in [3.8, 4) is 0 Å². The normalized spacial score (nSPS) is 12.7. The maximum atomic E-state index is 6.24. The Balaban J connectivity index is 2.53. The summed E-state index contributed by atoms with van der Waals surface area (Å²) in [5, 5.41) is 0. The monoisotopic (exact) mass is 249 g/mol. The Morgan fingerprint density at radius 2 is 1.72 bits per heavy atom. The number of aryl methyl sites for hydroxylation is 3. The number of hydrogen-bond acceptors (Lipinski definition) is 2. The first-order valence-corrected chi connectivity index (χ1v) is 6.97. The Kier molecular flexibility index (Phi) is 6.37. The van der Waals surface area contributed by atoms with E-state index >= 15 is 0 Å². The lowest BCUT2D eigenvalue weighted by molar-refractivity contribution is 0.117. The van der Waals surface area contributed by atoms with Crippen LogP contribution in [0.1, 0.15) is 54.5 Å². The second kappa shape index (κ2) is 7.55. The minimum atomic E-state index is -0.00720. The highest BCUT2D eigenvalue weighted by atomic mass is 16.5. The van der Waals surface area contributed by atoms with E-state index in [0.717, 1.165) is 13.0 Å². The SMILES string of the molecule is CCCCCOCC(N)c1c(C)cc(C)cc1C. The number of hydrogen-bond donors (Lipinski definition) is 1. The van der Waals surface area contributed by atoms with Crippen LogP contribution < -0.4 is 5.73 Å². The highest BCUT2D eigenvalue weighted by Gasteiger charge is 2.12. The van der Waals surface area contributed by atoms with Gasteiger partial charge in [-0.3, -0.25) is 0 Å². The van der Waals surface area contributed by atoms with E-state index in [0.29, 0.717) is 6.61 Å². The molecule has 102 valence electrons. The van der Waals surface area contributed by atoms with Gasteiger partial charge in [0.15, 0.2) is 0 Å². The van der Waals surface area contributed by atoms with Crippen LogP contribution in [-0.2, 0) is 4.74 Å². The van der Waals surface area contributed by atoms with Crippen LogP contribution in [0.15, 0.2) is 12.1 Å². The van der Waals surface area contributed by atoms with Gasteiger partial charge in [-0.25, -0.2) is 0 Å². The van der Waals surface area contributed by atoms with Crippen LogP contribution in [0.5, 0.6) is 0 Å². The number of nitrogens with two attached hydrogens (primary N) is 1. The third-order valence-electron chi connectivity index (χ3n) is 3.30. The topological polar surface area (TPSA) is 35.2 Å². The maximum absolute atomic E-state index is 6.24. The summed E-state index contributed by atoms with van der Waals surface area (Å²) in [4.78, 5) is 0. The minimum absolute atomic E-state index is 0.00720. The zero-order valence-electron chi connectivity index (χ0n) is 12.3. The third kappa shape index (κ3) is 4.43. The average Bonchev–Trinajstić information content (AvgIpc) is 2.27. The largest absolute Gasteiger partial charge is 0.379 e. The lowest BCUT2D eigenvalue weighted by atomic mass is 9.95. The van der Waals surface area contributed by atoms with Gasteiger partial charge in [-0.2, -0.15) is 0 Å². The first kappa shape index (κ1) is 15.2. The fourth-order valence-corrected chi connectivity index (χ4v) is 2.52. The van der Waals surface area contributed by atoms with E-state index in [1.54, 1.807) is 0 Å². The predicted molar refractivity (Wildman–Crippen MR) is 77.9 cm³/mol. The van der Waals surface area contributed by atoms with Crippen molar-refractivity contribution in [2.24, 2.45) is 5.73 Å². The van der Waals surface area contributed by atoms with Crippen molar-refractivity contribution in [2.75, 3.05) is 13.2 Å². The summed E-state index contributed by atoms with van der Waals surface area (Å²) in [7, 11) is 0. The Morgan fingerprint density at radius 3 is 2.28 bits per heavy atom. The minimum Gasteiger partial charge on any atom is -0.379 e. The lowest BCUT2D eigenvalue weighted by Gasteiger charge is -2.18. The molecule has 0 saturated heterocycles. The van der Waals surface area contributed by atoms with Crippen LogP contribution in [0.2, 0.25) is 0 Å². The van der Waals surface area contributed by atoms with Gasteiger partial charge < -0.3 is 10.5 Å². The first-order chi connectivity index (χ1) is 8.56. The van der Waals surface area contributed by atoms with Crippen LogP contribution in [-0.4, -0.2) is 13.2 Å². The molecule has 1 rings (SSSR count). The molecule has 0 heterocycles. The summed E-state index contributed by atoms with van der Waals surface area (Å²) in [6.45, 7) is 10.0. The first-order valence-electron chi connectivity index (χ1n) is 6.97. The van der Waals surface area contributed by atoms with E-state index in [1.165, 1.54) is 35.1 Å². The highest BCUT2D eigenvalue weighted by molar-refractivity contribution is 5.39. The standard InChI is InChI=1S/C16H27NO/c1-5-6-7-8-18-11-15(17)16-13(3)9-12(2)10-14(16)4/h9-10,15H,5-8,11,17H2,1-4H3. The number of ether oxygens (including phenoxy) is 1. The van der Waals surface area contributed by atoms with Crippen LogP contribution in [0.3, 0.4) is 0 Å². The Morgan fingerprint density at radius 1 is 1.11 bits per heavy atom. The van der Waals surface area contributed by atoms with Crippen molar-refractivity contribution in [2.45, 2.75) is 53.0 Å². The Hall–Kier alpha value is -0.860. The molecule has 0 aromatic heterocycles. The van der Waals surface area contributed by atoms with E-state index in [-0.39, 0.29) is 6.04 Å². The van der Waals surface area contributed by atoms with Gasteiger partial charge in [0.05, 0.1) is 12.6 Å². The molecule has 2 nitrogen and oxygen atoms in total. The number of benzene rings is 1. The van der Waals surface area contributed by atoms with Gasteiger partial charge in [0.1, 0.15) is 0 Å². The molecule has 0 radical (unpaired) electrons. The summed E-state index contributed by atoms with van der Waals surface area (Å²) in [5.41, 5.74) is 11.3. The molecular formula is C16H27NO. The fourth-order valence-electron chi connectivity index (χ4n) is 2.52. The van der Waals surface area contributed by atoms with Crippen molar-refractivity contribution in [3.63, 3.8) is 0 Å². The zero-order chi connectivity index (χ0) is 13.5. The van der Waals surface area contributed by atoms with E-state index in [4.69, 9.17) is 10.5 Å². The molecule has 18 heavy (non-hydrogen) atoms. The quantitative estimate of drug-likeness (QED) is 0.746. The zero-order valence-corrected chi connectivity index (χ0v) is 12.3. The lowest BCUT2D eigenvalue weighted by Crippen LogP contribution is -2.20. The van der Waals surface area contributed by atoms with Crippen LogP contribution in [0.25, 0.3) is 0 Å². The summed E-state index contributed by atoms with van der Waals surface area (Å²) < 4.78 is 5.67. The smallest absolute Gasteiger partial charge is 0.0659 e. The van der Waals surface area contributed by atoms with Gasteiger partial charge in [-0.15, -0.1) is 0 Å². The summed E-state index contributed by atoms with van der Waals surface area (Å²) in [5.74, 6) is 0. The van der Waals surface area contributed by atoms with Crippen molar-refractivity contribution in [3.05, 3.63) is 34.4 Å². The van der Waals surface area contributed by atoms with Crippen molar-refractivity contribution in [1.82, 2.24) is 0 Å². The third-order valence-corrected chi connectivity index (χ3v) is 3.30. The molecule has 1 aromatic rings. The summed E-state index contributed by atoms with van der Waals surface area (Å²) >= 11 is 0. The van der Waals surface area contributed by atoms with Gasteiger partial charge in [-0.1, -0.05) is 37.5 Å². The Labute approximate surface area is 112 Å². The number of rotatable bonds is 7. The second-order valence-electron chi connectivity index (χ2n) is 5.20. The maximum Gasteiger partial charge on any atom is 0.0659 e. The number of unbranched alkanes of at least 4 members (excludes halogenated alkanes) is 2. The van der Waals surface area contributed by atoms with Gasteiger partial charge in [0.2, 0.25) is 0 Å². The predicted octanol–water partition coefficient (Wildman–Crippen LogP) is 3.82. The van der Waals surface area contributed by atoms with E-state index in [2.05, 4.69) is 39.8 Å². The summed E-state index contributed by atoms with van der Waals surface area (Å²) in [6, 6.07) is 4.38. The van der Waals surface area contributed by atoms with E-state index in [1.807, 2.05) is 0 Å². The molecule has 0 fully saturated rings. The molecule has 0 bridgehead atoms. The van der Waals surface area contributed by atoms with E-state index in [9.17, 15) is 0 Å². The van der Waals surface area contributed by atoms with Crippen LogP contribution >= 0.6 is 0 Å². The molecule has 0 aliphatic rings. The molecule has 0 spiro atoms. The van der Waals surface area contributed by atoms with Crippen molar-refractivity contribution in [1.29, 1.82) is 0 Å². The molecule has 1 atom stereocenters. The fraction of sp³-hybridized carbons (Fsp3) is 0.625. The summed E-state index contributed by atoms with van der Waals surface area (Å²) in [6.07, 6.45) is 3.60. The molecule has 2 N–H and O–H groups in total. The molecular weight excluding hydrogens is 222 g/mol. The molecule has 1 unspecified atom stereocenters. The van der Waals surface area contributed by atoms with Gasteiger partial charge in [0.25, 0.3) is 0 Å². The molecule has 0 saturated carbocycles. The van der Waals surface area contributed by atoms with Crippen LogP contribution in [0.4, 0.5) is 0 Å². The van der Waals surface area contributed by atoms with Gasteiger partial charge in [-0.05, 0) is 43.9 Å². The van der Waals surface area contributed by atoms with Crippen molar-refractivity contribution < 1.29 is 4.74 Å². The molecule has 0 aliphatic carbocycles. The molecule has 2 heteroatoms. The molecule has 0 amide bonds. The van der Waals surface area contributed by atoms with E-state index < -0.39 is 0 Å². The second-order valence-corrected chi connectivity index (χ2v) is 5.20.